The van der Waals surface area contributed by atoms with E-state index in [0.717, 1.165) is 29.3 Å². The molecule has 2 bridgehead atoms. The number of ether oxygens (including phenoxy) is 2. The van der Waals surface area contributed by atoms with Crippen molar-refractivity contribution < 1.29 is 33.0 Å². The molecule has 0 radical (unpaired) electrons. The lowest BCUT2D eigenvalue weighted by Gasteiger charge is -2.60. The molecule has 0 unspecified atom stereocenters. The number of aliphatic hydroxyl groups is 1. The van der Waals surface area contributed by atoms with Gasteiger partial charge < -0.3 is 23.4 Å². The zero-order valence-corrected chi connectivity index (χ0v) is 29.7. The van der Waals surface area contributed by atoms with Gasteiger partial charge in [0.15, 0.2) is 28.3 Å². The molecule has 1 saturated heterocycles. The molecule has 0 aromatic rings. The van der Waals surface area contributed by atoms with Gasteiger partial charge in [-0.15, -0.1) is 0 Å². The number of rotatable bonds is 7. The summed E-state index contributed by atoms with van der Waals surface area (Å²) in [4.78, 5) is 27.1. The SMILES string of the molecule is CC[Si](CC)(CC)O[C@@H]1C[C@]2(C)[C@@H](O)CCC(=O)[C@H]2[C@@H]2OC(=O)O[C@]23C[C@H](O[Si](C)(C)C(C)(C)C)C(C)=C1C3(C)C. The minimum atomic E-state index is -2.24. The smallest absolute Gasteiger partial charge is 0.426 e. The van der Waals surface area contributed by atoms with Gasteiger partial charge in [-0.05, 0) is 67.2 Å². The van der Waals surface area contributed by atoms with E-state index in [1.807, 2.05) is 6.92 Å². The highest BCUT2D eigenvalue weighted by atomic mass is 28.4. The molecule has 3 fully saturated rings. The molecular weight excluding hydrogens is 553 g/mol. The van der Waals surface area contributed by atoms with Crippen LogP contribution in [0.2, 0.25) is 36.3 Å². The van der Waals surface area contributed by atoms with Gasteiger partial charge in [-0.2, -0.15) is 0 Å². The largest absolute Gasteiger partial charge is 0.509 e. The molecule has 3 aliphatic carbocycles. The fourth-order valence-electron chi connectivity index (χ4n) is 8.33. The number of Topliss-reactive ketones (excluding diaryl/α,β-unsaturated/α-hetero) is 1. The first kappa shape index (κ1) is 32.9. The second-order valence-electron chi connectivity index (χ2n) is 15.6. The summed E-state index contributed by atoms with van der Waals surface area (Å²) in [5.74, 6) is -0.644. The highest BCUT2D eigenvalue weighted by molar-refractivity contribution is 6.74. The minimum absolute atomic E-state index is 0.0144. The normalized spacial score (nSPS) is 37.5. The van der Waals surface area contributed by atoms with Gasteiger partial charge >= 0.3 is 6.16 Å². The van der Waals surface area contributed by atoms with Gasteiger partial charge in [0.25, 0.3) is 0 Å². The van der Waals surface area contributed by atoms with Gasteiger partial charge in [-0.25, -0.2) is 4.79 Å². The third-order valence-corrected chi connectivity index (χ3v) is 21.5. The Balaban J connectivity index is 2.03. The molecule has 4 rings (SSSR count). The van der Waals surface area contributed by atoms with Crippen molar-refractivity contribution in [3.05, 3.63) is 11.1 Å². The van der Waals surface area contributed by atoms with Crippen LogP contribution in [0.3, 0.4) is 0 Å². The average Bonchev–Trinajstić information content (AvgIpc) is 3.19. The second-order valence-corrected chi connectivity index (χ2v) is 25.1. The Morgan fingerprint density at radius 2 is 1.56 bits per heavy atom. The maximum absolute atomic E-state index is 13.9. The van der Waals surface area contributed by atoms with Crippen molar-refractivity contribution in [2.45, 2.75) is 161 Å². The Kier molecular flexibility index (Phi) is 8.48. The lowest BCUT2D eigenvalue weighted by atomic mass is 9.48. The zero-order valence-electron chi connectivity index (χ0n) is 27.7. The van der Waals surface area contributed by atoms with E-state index in [0.29, 0.717) is 19.3 Å². The number of carbonyl (C=O) groups excluding carboxylic acids is 2. The molecule has 7 atom stereocenters. The number of carbonyl (C=O) groups is 2. The lowest BCUT2D eigenvalue weighted by molar-refractivity contribution is -0.179. The molecule has 9 heteroatoms. The van der Waals surface area contributed by atoms with Crippen LogP contribution in [0.15, 0.2) is 11.1 Å². The Morgan fingerprint density at radius 1 is 0.976 bits per heavy atom. The standard InChI is InChI=1S/C32H56O7Si2/c1-13-41(14-2,15-3)39-23-18-31(10)24(34)17-16-21(33)26(31)27-32(37-28(35)36-27)19-22(20(4)25(23)30(32,8)9)38-40(11,12)29(5,6)7/h22-24,26-27,34H,13-19H2,1-12H3/t22-,23+,24-,26-,27-,31+,32+/m0/s1. The quantitative estimate of drug-likeness (QED) is 0.181. The summed E-state index contributed by atoms with van der Waals surface area (Å²) in [6, 6.07) is 2.96. The van der Waals surface area contributed by atoms with E-state index in [1.54, 1.807) is 0 Å². The second kappa shape index (κ2) is 10.6. The van der Waals surface area contributed by atoms with Crippen LogP contribution in [-0.2, 0) is 23.1 Å². The van der Waals surface area contributed by atoms with E-state index in [9.17, 15) is 14.7 Å². The molecule has 4 aliphatic rings. The number of hydrogen-bond acceptors (Lipinski definition) is 7. The van der Waals surface area contributed by atoms with Gasteiger partial charge in [-0.1, -0.05) is 62.3 Å². The number of fused-ring (bicyclic) bond motifs is 3. The van der Waals surface area contributed by atoms with Crippen LogP contribution in [0.1, 0.15) is 94.9 Å². The van der Waals surface area contributed by atoms with Crippen LogP contribution >= 0.6 is 0 Å². The van der Waals surface area contributed by atoms with E-state index in [2.05, 4.69) is 75.4 Å². The highest BCUT2D eigenvalue weighted by Gasteiger charge is 2.73. The summed E-state index contributed by atoms with van der Waals surface area (Å²) in [6.07, 6.45) is -1.30. The fourth-order valence-corrected chi connectivity index (χ4v) is 12.5. The molecular formula is C32H56O7Si2. The van der Waals surface area contributed by atoms with Gasteiger partial charge in [0.05, 0.1) is 24.2 Å². The summed E-state index contributed by atoms with van der Waals surface area (Å²) in [5.41, 5.74) is -0.379. The Bertz CT molecular complexity index is 1080. The van der Waals surface area contributed by atoms with E-state index in [4.69, 9.17) is 18.3 Å². The van der Waals surface area contributed by atoms with Crippen molar-refractivity contribution in [3.63, 3.8) is 0 Å². The van der Waals surface area contributed by atoms with E-state index < -0.39 is 57.3 Å². The average molecular weight is 609 g/mol. The first-order valence-electron chi connectivity index (χ1n) is 15.9. The molecule has 7 nitrogen and oxygen atoms in total. The highest BCUT2D eigenvalue weighted by Crippen LogP contribution is 2.64. The van der Waals surface area contributed by atoms with E-state index in [1.165, 1.54) is 0 Å². The molecule has 0 aromatic heterocycles. The zero-order chi connectivity index (χ0) is 31.0. The number of ketones is 1. The third-order valence-electron chi connectivity index (χ3n) is 12.4. The van der Waals surface area contributed by atoms with E-state index >= 15 is 0 Å². The predicted molar refractivity (Wildman–Crippen MR) is 166 cm³/mol. The van der Waals surface area contributed by atoms with Gasteiger partial charge in [-0.3, -0.25) is 4.79 Å². The maximum Gasteiger partial charge on any atom is 0.509 e. The summed E-state index contributed by atoms with van der Waals surface area (Å²) < 4.78 is 26.9. The summed E-state index contributed by atoms with van der Waals surface area (Å²) >= 11 is 0. The monoisotopic (exact) mass is 608 g/mol. The molecule has 0 amide bonds. The molecule has 1 aliphatic heterocycles. The Hall–Kier alpha value is -1.01. The molecule has 2 saturated carbocycles. The van der Waals surface area contributed by atoms with Gasteiger partial charge in [0.2, 0.25) is 0 Å². The molecule has 1 spiro atoms. The minimum Gasteiger partial charge on any atom is -0.426 e. The Labute approximate surface area is 250 Å². The molecule has 1 N–H and O–H groups in total. The topological polar surface area (TPSA) is 91.3 Å². The van der Waals surface area contributed by atoms with Gasteiger partial charge in [0, 0.05) is 23.7 Å². The van der Waals surface area contributed by atoms with Crippen LogP contribution in [-0.4, -0.2) is 63.7 Å². The van der Waals surface area contributed by atoms with Gasteiger partial charge in [0.1, 0.15) is 5.78 Å². The first-order valence-corrected chi connectivity index (χ1v) is 21.4. The van der Waals surface area contributed by atoms with Crippen LogP contribution in [0, 0.1) is 16.7 Å². The molecule has 234 valence electrons. The van der Waals surface area contributed by atoms with Crippen molar-refractivity contribution in [1.82, 2.24) is 0 Å². The van der Waals surface area contributed by atoms with Crippen molar-refractivity contribution in [2.75, 3.05) is 0 Å². The van der Waals surface area contributed by atoms with Crippen LogP contribution in [0.25, 0.3) is 0 Å². The molecule has 41 heavy (non-hydrogen) atoms. The number of hydrogen-bond donors (Lipinski definition) is 1. The third kappa shape index (κ3) is 4.93. The summed E-state index contributed by atoms with van der Waals surface area (Å²) in [7, 11) is -4.38. The fraction of sp³-hybridized carbons (Fsp3) is 0.875. The van der Waals surface area contributed by atoms with Crippen LogP contribution in [0.4, 0.5) is 4.79 Å². The number of aliphatic hydroxyl groups excluding tert-OH is 1. The van der Waals surface area contributed by atoms with Crippen LogP contribution < -0.4 is 0 Å². The maximum atomic E-state index is 13.9. The summed E-state index contributed by atoms with van der Waals surface area (Å²) in [6.45, 7) is 26.3. The molecule has 1 heterocycles. The van der Waals surface area contributed by atoms with Crippen molar-refractivity contribution in [1.29, 1.82) is 0 Å². The first-order chi connectivity index (χ1) is 18.8. The predicted octanol–water partition coefficient (Wildman–Crippen LogP) is 7.54. The van der Waals surface area contributed by atoms with Crippen molar-refractivity contribution in [3.8, 4) is 0 Å². The van der Waals surface area contributed by atoms with E-state index in [-0.39, 0.29) is 29.5 Å². The lowest BCUT2D eigenvalue weighted by Crippen LogP contribution is -2.68. The Morgan fingerprint density at radius 3 is 2.10 bits per heavy atom. The van der Waals surface area contributed by atoms with Crippen molar-refractivity contribution in [2.24, 2.45) is 16.7 Å². The summed E-state index contributed by atoms with van der Waals surface area (Å²) in [5, 5.41) is 11.6. The molecule has 0 aromatic carbocycles. The van der Waals surface area contributed by atoms with Crippen LogP contribution in [0.5, 0.6) is 0 Å². The van der Waals surface area contributed by atoms with Crippen molar-refractivity contribution >= 4 is 28.6 Å².